The van der Waals surface area contributed by atoms with Crippen molar-refractivity contribution in [2.24, 2.45) is 0 Å². The van der Waals surface area contributed by atoms with Crippen LogP contribution in [0.2, 0.25) is 0 Å². The van der Waals surface area contributed by atoms with Gasteiger partial charge in [0.2, 0.25) is 0 Å². The van der Waals surface area contributed by atoms with E-state index in [1.807, 2.05) is 0 Å². The van der Waals surface area contributed by atoms with Crippen LogP contribution in [0.3, 0.4) is 0 Å². The molecule has 0 atom stereocenters. The maximum atomic E-state index is 5.41. The lowest BCUT2D eigenvalue weighted by molar-refractivity contribution is 1.18. The number of para-hydroxylation sites is 1. The van der Waals surface area contributed by atoms with Gasteiger partial charge in [0.15, 0.2) is 5.82 Å². The monoisotopic (exact) mass is 729 g/mol. The highest BCUT2D eigenvalue weighted by atomic mass is 32.1. The Labute approximate surface area is 326 Å². The molecule has 0 saturated heterocycles. The number of thiophene rings is 1. The SMILES string of the molecule is c1ccc(-c2cccc(-c3nc(-c4cccc(-n5c6ccccc6c6c7c8ccccc8c8ccccc8c7ccc65)c4)c4sc5ccccc5c4n3)c2)cc1. The summed E-state index contributed by atoms with van der Waals surface area (Å²) < 4.78 is 4.74. The van der Waals surface area contributed by atoms with Crippen LogP contribution >= 0.6 is 11.3 Å². The first-order valence-corrected chi connectivity index (χ1v) is 19.8. The molecule has 0 aliphatic carbocycles. The smallest absolute Gasteiger partial charge is 0.160 e. The van der Waals surface area contributed by atoms with Crippen molar-refractivity contribution < 1.29 is 0 Å². The minimum Gasteiger partial charge on any atom is -0.309 e. The van der Waals surface area contributed by atoms with Gasteiger partial charge in [-0.05, 0) is 74.5 Å². The molecule has 0 saturated carbocycles. The van der Waals surface area contributed by atoms with Crippen LogP contribution in [-0.4, -0.2) is 14.5 Å². The fraction of sp³-hybridized carbons (Fsp3) is 0. The van der Waals surface area contributed by atoms with Crippen LogP contribution in [0.1, 0.15) is 0 Å². The first kappa shape index (κ1) is 31.2. The summed E-state index contributed by atoms with van der Waals surface area (Å²) in [7, 11) is 0. The zero-order valence-electron chi connectivity index (χ0n) is 30.1. The zero-order chi connectivity index (χ0) is 36.7. The van der Waals surface area contributed by atoms with E-state index in [2.05, 4.69) is 193 Å². The molecule has 9 aromatic carbocycles. The molecule has 3 aromatic heterocycles. The Morgan fingerprint density at radius 2 is 0.982 bits per heavy atom. The second-order valence-electron chi connectivity index (χ2n) is 14.5. The van der Waals surface area contributed by atoms with Gasteiger partial charge in [-0.1, -0.05) is 152 Å². The molecular weight excluding hydrogens is 699 g/mol. The first-order chi connectivity index (χ1) is 27.8. The van der Waals surface area contributed by atoms with Crippen molar-refractivity contribution in [1.82, 2.24) is 14.5 Å². The van der Waals surface area contributed by atoms with Gasteiger partial charge in [-0.25, -0.2) is 9.97 Å². The fourth-order valence-electron chi connectivity index (χ4n) is 8.91. The zero-order valence-corrected chi connectivity index (χ0v) is 31.0. The summed E-state index contributed by atoms with van der Waals surface area (Å²) in [6.07, 6.45) is 0. The van der Waals surface area contributed by atoms with E-state index < -0.39 is 0 Å². The van der Waals surface area contributed by atoms with E-state index in [0.29, 0.717) is 0 Å². The van der Waals surface area contributed by atoms with Crippen LogP contribution < -0.4 is 0 Å². The minimum absolute atomic E-state index is 0.724. The molecule has 0 aliphatic rings. The van der Waals surface area contributed by atoms with E-state index in [9.17, 15) is 0 Å². The summed E-state index contributed by atoms with van der Waals surface area (Å²) >= 11 is 1.77. The van der Waals surface area contributed by atoms with E-state index in [1.54, 1.807) is 11.3 Å². The summed E-state index contributed by atoms with van der Waals surface area (Å²) in [4.78, 5) is 10.7. The van der Waals surface area contributed by atoms with Gasteiger partial charge in [0.25, 0.3) is 0 Å². The minimum atomic E-state index is 0.724. The predicted octanol–water partition coefficient (Wildman–Crippen LogP) is 14.4. The number of hydrogen-bond donors (Lipinski definition) is 0. The number of rotatable bonds is 4. The van der Waals surface area contributed by atoms with Crippen LogP contribution in [-0.2, 0) is 0 Å². The Balaban J connectivity index is 1.11. The molecule has 0 bridgehead atoms. The Bertz CT molecular complexity index is 3510. The highest BCUT2D eigenvalue weighted by molar-refractivity contribution is 7.26. The van der Waals surface area contributed by atoms with Gasteiger partial charge in [0.1, 0.15) is 0 Å². The average molecular weight is 730 g/mol. The number of fused-ring (bicyclic) bond motifs is 13. The highest BCUT2D eigenvalue weighted by Crippen LogP contribution is 2.44. The molecule has 0 fully saturated rings. The number of benzene rings is 9. The van der Waals surface area contributed by atoms with Crippen LogP contribution in [0.4, 0.5) is 0 Å². The van der Waals surface area contributed by atoms with Crippen LogP contribution in [0.15, 0.2) is 188 Å². The van der Waals surface area contributed by atoms with Gasteiger partial charge in [0, 0.05) is 43.1 Å². The Morgan fingerprint density at radius 3 is 1.80 bits per heavy atom. The van der Waals surface area contributed by atoms with Crippen molar-refractivity contribution in [2.75, 3.05) is 0 Å². The van der Waals surface area contributed by atoms with Crippen molar-refractivity contribution in [2.45, 2.75) is 0 Å². The van der Waals surface area contributed by atoms with Gasteiger partial charge in [0.05, 0.1) is 26.9 Å². The van der Waals surface area contributed by atoms with E-state index in [4.69, 9.17) is 9.97 Å². The standard InChI is InChI=1S/C52H31N3S/c1-2-14-32(15-3-1)33-16-12-18-35(30-33)52-53-49(51-50(54-52)43-25-9-11-27-46(43)56-51)34-17-13-19-36(31-34)55-44-26-10-8-24-42(44)48-45(55)29-28-41-39-22-5-4-20-37(39)38-21-6-7-23-40(38)47(41)48/h1-31H. The molecule has 56 heavy (non-hydrogen) atoms. The number of nitrogens with zero attached hydrogens (tertiary/aromatic N) is 3. The molecule has 12 rings (SSSR count). The molecule has 0 aliphatic heterocycles. The fourth-order valence-corrected chi connectivity index (χ4v) is 10.1. The molecule has 0 radical (unpaired) electrons. The largest absolute Gasteiger partial charge is 0.309 e. The molecular formula is C52H31N3S. The van der Waals surface area contributed by atoms with Crippen molar-refractivity contribution in [3.05, 3.63) is 188 Å². The Kier molecular flexibility index (Phi) is 6.80. The molecule has 12 aromatic rings. The highest BCUT2D eigenvalue weighted by Gasteiger charge is 2.21. The second kappa shape index (κ2) is 12.2. The molecule has 0 N–H and O–H groups in total. The summed E-state index contributed by atoms with van der Waals surface area (Å²) in [5, 5.41) is 11.4. The third-order valence-corrected chi connectivity index (χ3v) is 12.5. The van der Waals surface area contributed by atoms with E-state index >= 15 is 0 Å². The summed E-state index contributed by atoms with van der Waals surface area (Å²) in [6.45, 7) is 0. The van der Waals surface area contributed by atoms with E-state index in [-0.39, 0.29) is 0 Å². The van der Waals surface area contributed by atoms with Gasteiger partial charge in [-0.15, -0.1) is 11.3 Å². The van der Waals surface area contributed by atoms with Gasteiger partial charge >= 0.3 is 0 Å². The predicted molar refractivity (Wildman–Crippen MR) is 238 cm³/mol. The normalized spacial score (nSPS) is 11.9. The first-order valence-electron chi connectivity index (χ1n) is 19.0. The molecule has 0 spiro atoms. The summed E-state index contributed by atoms with van der Waals surface area (Å²) in [6, 6.07) is 67.8. The number of hydrogen-bond acceptors (Lipinski definition) is 3. The average Bonchev–Trinajstić information content (AvgIpc) is 3.82. The topological polar surface area (TPSA) is 30.7 Å². The Morgan fingerprint density at radius 1 is 0.375 bits per heavy atom. The van der Waals surface area contributed by atoms with Crippen molar-refractivity contribution >= 4 is 85.8 Å². The second-order valence-corrected chi connectivity index (χ2v) is 15.5. The lowest BCUT2D eigenvalue weighted by Gasteiger charge is -2.13. The van der Waals surface area contributed by atoms with E-state index in [0.717, 1.165) is 49.5 Å². The van der Waals surface area contributed by atoms with Crippen LogP contribution in [0.5, 0.6) is 0 Å². The van der Waals surface area contributed by atoms with Crippen molar-refractivity contribution in [1.29, 1.82) is 0 Å². The van der Waals surface area contributed by atoms with Gasteiger partial charge in [-0.2, -0.15) is 0 Å². The molecule has 3 nitrogen and oxygen atoms in total. The molecule has 4 heteroatoms. The van der Waals surface area contributed by atoms with Gasteiger partial charge in [-0.3, -0.25) is 0 Å². The summed E-state index contributed by atoms with van der Waals surface area (Å²) in [5.74, 6) is 0.724. The molecule has 0 amide bonds. The quantitative estimate of drug-likeness (QED) is 0.169. The Hall–Kier alpha value is -7.14. The maximum absolute atomic E-state index is 5.41. The molecule has 0 unspecified atom stereocenters. The van der Waals surface area contributed by atoms with Crippen LogP contribution in [0, 0.1) is 0 Å². The lowest BCUT2D eigenvalue weighted by Crippen LogP contribution is -1.97. The van der Waals surface area contributed by atoms with E-state index in [1.165, 1.54) is 64.4 Å². The lowest BCUT2D eigenvalue weighted by atomic mass is 9.92. The maximum Gasteiger partial charge on any atom is 0.160 e. The van der Waals surface area contributed by atoms with Gasteiger partial charge < -0.3 is 4.57 Å². The third kappa shape index (κ3) is 4.63. The third-order valence-electron chi connectivity index (χ3n) is 11.4. The van der Waals surface area contributed by atoms with Crippen LogP contribution in [0.25, 0.3) is 114 Å². The summed E-state index contributed by atoms with van der Waals surface area (Å²) in [5.41, 5.74) is 9.76. The molecule has 3 heterocycles. The van der Waals surface area contributed by atoms with Crippen molar-refractivity contribution in [3.63, 3.8) is 0 Å². The number of aromatic nitrogens is 3. The van der Waals surface area contributed by atoms with Crippen molar-refractivity contribution in [3.8, 4) is 39.5 Å². The molecule has 260 valence electrons.